The van der Waals surface area contributed by atoms with Gasteiger partial charge in [0.25, 0.3) is 0 Å². The lowest BCUT2D eigenvalue weighted by molar-refractivity contribution is 0.614. The van der Waals surface area contributed by atoms with E-state index in [0.717, 1.165) is 36.9 Å². The van der Waals surface area contributed by atoms with Gasteiger partial charge >= 0.3 is 0 Å². The van der Waals surface area contributed by atoms with Crippen molar-refractivity contribution in [1.82, 2.24) is 25.2 Å². The topological polar surface area (TPSA) is 66.6 Å². The lowest BCUT2D eigenvalue weighted by Crippen LogP contribution is -2.40. The Bertz CT molecular complexity index is 572. The van der Waals surface area contributed by atoms with Crippen molar-refractivity contribution >= 4 is 11.6 Å². The van der Waals surface area contributed by atoms with Gasteiger partial charge in [0.2, 0.25) is 0 Å². The van der Waals surface area contributed by atoms with E-state index in [-0.39, 0.29) is 0 Å². The van der Waals surface area contributed by atoms with E-state index in [4.69, 9.17) is 0 Å². The standard InChI is InChI=1S/C14H22N6/c1-11(2)10-17-14(15-3)16-8-7-13-19-18-12-6-4-5-9-20(12)13/h4-6,9,11H,7-8,10H2,1-3H3,(H2,15,16,17). The minimum absolute atomic E-state index is 0.592. The fraction of sp³-hybridized carbons (Fsp3) is 0.500. The highest BCUT2D eigenvalue weighted by Crippen LogP contribution is 2.02. The summed E-state index contributed by atoms with van der Waals surface area (Å²) in [6.07, 6.45) is 2.78. The van der Waals surface area contributed by atoms with Crippen LogP contribution in [0.15, 0.2) is 29.4 Å². The van der Waals surface area contributed by atoms with Gasteiger partial charge in [-0.3, -0.25) is 9.39 Å². The molecule has 0 unspecified atom stereocenters. The molecule has 20 heavy (non-hydrogen) atoms. The fourth-order valence-electron chi connectivity index (χ4n) is 1.88. The molecule has 0 aliphatic heterocycles. The average molecular weight is 274 g/mol. The van der Waals surface area contributed by atoms with Crippen LogP contribution in [-0.4, -0.2) is 40.7 Å². The second-order valence-electron chi connectivity index (χ2n) is 5.07. The Morgan fingerprint density at radius 3 is 2.90 bits per heavy atom. The third kappa shape index (κ3) is 3.69. The summed E-state index contributed by atoms with van der Waals surface area (Å²) in [7, 11) is 1.78. The number of pyridine rings is 1. The summed E-state index contributed by atoms with van der Waals surface area (Å²) in [5.41, 5.74) is 0.879. The van der Waals surface area contributed by atoms with Crippen LogP contribution >= 0.6 is 0 Å². The van der Waals surface area contributed by atoms with E-state index in [1.807, 2.05) is 28.8 Å². The van der Waals surface area contributed by atoms with Crippen LogP contribution in [0.3, 0.4) is 0 Å². The molecule has 2 heterocycles. The molecule has 0 spiro atoms. The van der Waals surface area contributed by atoms with Crippen LogP contribution < -0.4 is 10.6 Å². The second kappa shape index (κ2) is 6.88. The van der Waals surface area contributed by atoms with Crippen LogP contribution in [0.1, 0.15) is 19.7 Å². The van der Waals surface area contributed by atoms with E-state index < -0.39 is 0 Å². The van der Waals surface area contributed by atoms with Gasteiger partial charge in [-0.1, -0.05) is 19.9 Å². The number of rotatable bonds is 5. The molecule has 0 radical (unpaired) electrons. The van der Waals surface area contributed by atoms with Crippen molar-refractivity contribution in [2.75, 3.05) is 20.1 Å². The molecular formula is C14H22N6. The monoisotopic (exact) mass is 274 g/mol. The van der Waals surface area contributed by atoms with Crippen LogP contribution in [0, 0.1) is 5.92 Å². The quantitative estimate of drug-likeness (QED) is 0.633. The van der Waals surface area contributed by atoms with Crippen molar-refractivity contribution in [2.24, 2.45) is 10.9 Å². The van der Waals surface area contributed by atoms with E-state index in [2.05, 4.69) is 39.7 Å². The van der Waals surface area contributed by atoms with Crippen molar-refractivity contribution in [1.29, 1.82) is 0 Å². The number of nitrogens with one attached hydrogen (secondary N) is 2. The van der Waals surface area contributed by atoms with E-state index in [1.54, 1.807) is 7.05 Å². The first-order valence-electron chi connectivity index (χ1n) is 6.94. The third-order valence-corrected chi connectivity index (χ3v) is 2.93. The predicted molar refractivity (Wildman–Crippen MR) is 80.9 cm³/mol. The number of hydrogen-bond donors (Lipinski definition) is 2. The average Bonchev–Trinajstić information content (AvgIpc) is 2.86. The van der Waals surface area contributed by atoms with Crippen molar-refractivity contribution in [2.45, 2.75) is 20.3 Å². The smallest absolute Gasteiger partial charge is 0.190 e. The molecule has 0 fully saturated rings. The SMILES string of the molecule is CN=C(NCCc1nnc2ccccn12)NCC(C)C. The zero-order valence-corrected chi connectivity index (χ0v) is 12.3. The third-order valence-electron chi connectivity index (χ3n) is 2.93. The molecule has 0 aromatic carbocycles. The van der Waals surface area contributed by atoms with Gasteiger partial charge < -0.3 is 10.6 Å². The van der Waals surface area contributed by atoms with Crippen LogP contribution in [0.2, 0.25) is 0 Å². The molecule has 0 amide bonds. The summed E-state index contributed by atoms with van der Waals surface area (Å²) >= 11 is 0. The Balaban J connectivity index is 1.86. The lowest BCUT2D eigenvalue weighted by Gasteiger charge is -2.12. The van der Waals surface area contributed by atoms with Crippen LogP contribution in [0.5, 0.6) is 0 Å². The van der Waals surface area contributed by atoms with E-state index >= 15 is 0 Å². The summed E-state index contributed by atoms with van der Waals surface area (Å²) in [5.74, 6) is 2.37. The maximum absolute atomic E-state index is 4.20. The van der Waals surface area contributed by atoms with Gasteiger partial charge in [0, 0.05) is 32.8 Å². The Morgan fingerprint density at radius 2 is 2.15 bits per heavy atom. The second-order valence-corrected chi connectivity index (χ2v) is 5.07. The zero-order chi connectivity index (χ0) is 14.4. The van der Waals surface area contributed by atoms with Crippen molar-refractivity contribution in [3.05, 3.63) is 30.2 Å². The van der Waals surface area contributed by atoms with Gasteiger partial charge in [0.1, 0.15) is 5.82 Å². The number of nitrogens with zero attached hydrogens (tertiary/aromatic N) is 4. The van der Waals surface area contributed by atoms with Gasteiger partial charge in [-0.2, -0.15) is 0 Å². The minimum atomic E-state index is 0.592. The van der Waals surface area contributed by atoms with E-state index in [0.29, 0.717) is 5.92 Å². The highest BCUT2D eigenvalue weighted by Gasteiger charge is 2.05. The largest absolute Gasteiger partial charge is 0.356 e. The fourth-order valence-corrected chi connectivity index (χ4v) is 1.88. The van der Waals surface area contributed by atoms with Gasteiger partial charge in [-0.25, -0.2) is 0 Å². The molecule has 0 aliphatic carbocycles. The molecule has 0 atom stereocenters. The molecule has 2 N–H and O–H groups in total. The maximum Gasteiger partial charge on any atom is 0.190 e. The molecule has 0 saturated carbocycles. The van der Waals surface area contributed by atoms with Crippen molar-refractivity contribution < 1.29 is 0 Å². The van der Waals surface area contributed by atoms with Crippen LogP contribution in [-0.2, 0) is 6.42 Å². The first kappa shape index (κ1) is 14.3. The summed E-state index contributed by atoms with van der Waals surface area (Å²) < 4.78 is 2.01. The van der Waals surface area contributed by atoms with Crippen molar-refractivity contribution in [3.63, 3.8) is 0 Å². The molecule has 6 nitrogen and oxygen atoms in total. The first-order valence-corrected chi connectivity index (χ1v) is 6.94. The number of aromatic nitrogens is 3. The molecular weight excluding hydrogens is 252 g/mol. The number of hydrogen-bond acceptors (Lipinski definition) is 3. The summed E-state index contributed by atoms with van der Waals surface area (Å²) in [5, 5.41) is 14.9. The molecule has 0 aliphatic rings. The Labute approximate surface area is 119 Å². The van der Waals surface area contributed by atoms with Crippen LogP contribution in [0.4, 0.5) is 0 Å². The molecule has 2 rings (SSSR count). The molecule has 2 aromatic heterocycles. The van der Waals surface area contributed by atoms with Gasteiger partial charge in [0.05, 0.1) is 0 Å². The Morgan fingerprint density at radius 1 is 1.30 bits per heavy atom. The highest BCUT2D eigenvalue weighted by molar-refractivity contribution is 5.79. The minimum Gasteiger partial charge on any atom is -0.356 e. The Kier molecular flexibility index (Phi) is 4.92. The van der Waals surface area contributed by atoms with Crippen LogP contribution in [0.25, 0.3) is 5.65 Å². The molecule has 0 saturated heterocycles. The summed E-state index contributed by atoms with van der Waals surface area (Å²) in [4.78, 5) is 4.19. The highest BCUT2D eigenvalue weighted by atomic mass is 15.2. The zero-order valence-electron chi connectivity index (χ0n) is 12.3. The van der Waals surface area contributed by atoms with E-state index in [9.17, 15) is 0 Å². The predicted octanol–water partition coefficient (Wildman–Crippen LogP) is 1.09. The van der Waals surface area contributed by atoms with E-state index in [1.165, 1.54) is 0 Å². The normalized spacial score (nSPS) is 12.1. The van der Waals surface area contributed by atoms with Gasteiger partial charge in [-0.15, -0.1) is 10.2 Å². The number of fused-ring (bicyclic) bond motifs is 1. The summed E-state index contributed by atoms with van der Waals surface area (Å²) in [6, 6.07) is 5.90. The molecule has 0 bridgehead atoms. The van der Waals surface area contributed by atoms with Gasteiger partial charge in [-0.05, 0) is 18.1 Å². The van der Waals surface area contributed by atoms with Crippen molar-refractivity contribution in [3.8, 4) is 0 Å². The Hall–Kier alpha value is -2.11. The van der Waals surface area contributed by atoms with Gasteiger partial charge in [0.15, 0.2) is 11.6 Å². The number of aliphatic imine (C=N–C) groups is 1. The lowest BCUT2D eigenvalue weighted by atomic mass is 10.2. The maximum atomic E-state index is 4.20. The summed E-state index contributed by atoms with van der Waals surface area (Å²) in [6.45, 7) is 6.02. The molecule has 6 heteroatoms. The molecule has 108 valence electrons. The first-order chi connectivity index (χ1) is 9.70. The molecule has 2 aromatic rings. The number of guanidine groups is 1.